The third-order valence-electron chi connectivity index (χ3n) is 5.47. The molecule has 3 aromatic carbocycles. The topological polar surface area (TPSA) is 82.4 Å². The second-order valence-corrected chi connectivity index (χ2v) is 9.88. The maximum absolute atomic E-state index is 13.6. The van der Waals surface area contributed by atoms with Crippen LogP contribution in [0.15, 0.2) is 93.9 Å². The number of halogens is 1. The molecule has 0 radical (unpaired) electrons. The van der Waals surface area contributed by atoms with Crippen molar-refractivity contribution in [2.45, 2.75) is 18.2 Å². The van der Waals surface area contributed by atoms with E-state index in [1.165, 1.54) is 16.7 Å². The van der Waals surface area contributed by atoms with Crippen LogP contribution in [0.3, 0.4) is 0 Å². The van der Waals surface area contributed by atoms with Gasteiger partial charge in [0.05, 0.1) is 12.4 Å². The lowest BCUT2D eigenvalue weighted by Crippen LogP contribution is -2.32. The Morgan fingerprint density at radius 2 is 1.74 bits per heavy atom. The first-order valence-corrected chi connectivity index (χ1v) is 12.5. The van der Waals surface area contributed by atoms with Gasteiger partial charge >= 0.3 is 0 Å². The molecule has 6 nitrogen and oxygen atoms in total. The number of hydrogen-bond acceptors (Lipinski definition) is 5. The second-order valence-electron chi connectivity index (χ2n) is 7.77. The van der Waals surface area contributed by atoms with Crippen molar-refractivity contribution >= 4 is 45.2 Å². The molecule has 0 aliphatic carbocycles. The normalized spacial score (nSPS) is 16.5. The molecule has 2 amide bonds. The van der Waals surface area contributed by atoms with Gasteiger partial charge in [-0.3, -0.25) is 14.5 Å². The summed E-state index contributed by atoms with van der Waals surface area (Å²) in [6, 6.07) is 26.2. The van der Waals surface area contributed by atoms with E-state index in [0.717, 1.165) is 15.6 Å². The van der Waals surface area contributed by atoms with Crippen LogP contribution in [-0.2, 0) is 22.6 Å². The third kappa shape index (κ3) is 5.76. The second kappa shape index (κ2) is 11.3. The van der Waals surface area contributed by atoms with E-state index >= 15 is 0 Å². The first-order chi connectivity index (χ1) is 17.0. The van der Waals surface area contributed by atoms with Gasteiger partial charge in [0.25, 0.3) is 5.91 Å². The third-order valence-corrected chi connectivity index (χ3v) is 7.26. The molecule has 1 saturated heterocycles. The molecule has 1 aliphatic heterocycles. The zero-order chi connectivity index (χ0) is 24.8. The minimum atomic E-state index is -0.519. The van der Waals surface area contributed by atoms with Gasteiger partial charge in [-0.2, -0.15) is 5.26 Å². The fourth-order valence-electron chi connectivity index (χ4n) is 3.65. The number of nitrogens with zero attached hydrogens (tertiary/aromatic N) is 2. The molecule has 3 aromatic rings. The summed E-state index contributed by atoms with van der Waals surface area (Å²) in [5, 5.41) is 12.6. The van der Waals surface area contributed by atoms with E-state index in [0.29, 0.717) is 22.9 Å². The first kappa shape index (κ1) is 24.6. The molecule has 8 heteroatoms. The van der Waals surface area contributed by atoms with Gasteiger partial charge in [0.15, 0.2) is 0 Å². The molecule has 1 unspecified atom stereocenters. The number of anilines is 1. The molecule has 1 atom stereocenters. The molecule has 35 heavy (non-hydrogen) atoms. The molecule has 4 rings (SSSR count). The summed E-state index contributed by atoms with van der Waals surface area (Å²) < 4.78 is 6.19. The highest BCUT2D eigenvalue weighted by molar-refractivity contribution is 9.10. The summed E-state index contributed by atoms with van der Waals surface area (Å²) in [6.07, 6.45) is 0.470. The molecular formula is C27H22BrN3O3S. The van der Waals surface area contributed by atoms with E-state index in [4.69, 9.17) is 4.74 Å². The van der Waals surface area contributed by atoms with E-state index in [9.17, 15) is 14.9 Å². The van der Waals surface area contributed by atoms with Gasteiger partial charge in [-0.25, -0.2) is 0 Å². The van der Waals surface area contributed by atoms with E-state index < -0.39 is 11.2 Å². The number of carbonyl (C=O) groups excluding carboxylic acids is 2. The Bertz CT molecular complexity index is 1290. The van der Waals surface area contributed by atoms with Crippen molar-refractivity contribution < 1.29 is 14.3 Å². The highest BCUT2D eigenvalue weighted by Crippen LogP contribution is 2.42. The number of methoxy groups -OCH3 is 1. The number of rotatable bonds is 7. The molecule has 1 N–H and O–H groups in total. The van der Waals surface area contributed by atoms with Gasteiger partial charge in [-0.15, -0.1) is 0 Å². The van der Waals surface area contributed by atoms with E-state index in [2.05, 4.69) is 21.2 Å². The minimum absolute atomic E-state index is 0.0894. The Hall–Kier alpha value is -3.54. The summed E-state index contributed by atoms with van der Waals surface area (Å²) >= 11 is 4.67. The number of thioether (sulfide) groups is 1. The number of carbonyl (C=O) groups is 2. The Morgan fingerprint density at radius 3 is 2.37 bits per heavy atom. The Kier molecular flexibility index (Phi) is 7.91. The van der Waals surface area contributed by atoms with Crippen molar-refractivity contribution in [3.63, 3.8) is 0 Å². The highest BCUT2D eigenvalue weighted by Gasteiger charge is 2.40. The first-order valence-electron chi connectivity index (χ1n) is 10.9. The van der Waals surface area contributed by atoms with Crippen LogP contribution in [0.1, 0.15) is 11.1 Å². The van der Waals surface area contributed by atoms with E-state index in [-0.39, 0.29) is 18.0 Å². The van der Waals surface area contributed by atoms with Gasteiger partial charge < -0.3 is 10.1 Å². The average molecular weight is 548 g/mol. The lowest BCUT2D eigenvalue weighted by Gasteiger charge is -2.19. The van der Waals surface area contributed by atoms with Crippen molar-refractivity contribution in [3.8, 4) is 11.8 Å². The number of benzene rings is 3. The largest absolute Gasteiger partial charge is 0.497 e. The van der Waals surface area contributed by atoms with Crippen molar-refractivity contribution in [2.75, 3.05) is 12.0 Å². The SMILES string of the molecule is COc1ccc(N2C(=O)C(Cc3ccc(Br)cc3)S/C2=C(/C#N)C(=O)NCc2ccccc2)cc1. The molecule has 1 aliphatic rings. The van der Waals surface area contributed by atoms with Gasteiger partial charge in [0.2, 0.25) is 5.91 Å². The molecule has 0 saturated carbocycles. The van der Waals surface area contributed by atoms with E-state index in [1.807, 2.05) is 60.7 Å². The fourth-order valence-corrected chi connectivity index (χ4v) is 5.23. The van der Waals surface area contributed by atoms with Crippen molar-refractivity contribution in [1.29, 1.82) is 5.26 Å². The van der Waals surface area contributed by atoms with Crippen LogP contribution in [0.25, 0.3) is 0 Å². The number of hydrogen-bond donors (Lipinski definition) is 1. The van der Waals surface area contributed by atoms with E-state index in [1.54, 1.807) is 31.4 Å². The quantitative estimate of drug-likeness (QED) is 0.324. The van der Waals surface area contributed by atoms with Gasteiger partial charge in [0.1, 0.15) is 22.4 Å². The summed E-state index contributed by atoms with van der Waals surface area (Å²) in [4.78, 5) is 28.1. The number of ether oxygens (including phenoxy) is 1. The van der Waals surface area contributed by atoms with Gasteiger partial charge in [0, 0.05) is 16.7 Å². The Balaban J connectivity index is 1.67. The van der Waals surface area contributed by atoms with Gasteiger partial charge in [-0.1, -0.05) is 70.2 Å². The maximum atomic E-state index is 13.6. The van der Waals surface area contributed by atoms with Crippen LogP contribution < -0.4 is 15.0 Å². The summed E-state index contributed by atoms with van der Waals surface area (Å²) in [7, 11) is 1.57. The van der Waals surface area contributed by atoms with Gasteiger partial charge in [-0.05, 0) is 53.9 Å². The summed E-state index contributed by atoms with van der Waals surface area (Å²) in [5.74, 6) is -0.0535. The monoisotopic (exact) mass is 547 g/mol. The smallest absolute Gasteiger partial charge is 0.264 e. The minimum Gasteiger partial charge on any atom is -0.497 e. The fraction of sp³-hybridized carbons (Fsp3) is 0.148. The van der Waals surface area contributed by atoms with Crippen molar-refractivity contribution in [1.82, 2.24) is 5.32 Å². The lowest BCUT2D eigenvalue weighted by atomic mass is 10.1. The van der Waals surface area contributed by atoms with Crippen LogP contribution in [0.4, 0.5) is 5.69 Å². The Morgan fingerprint density at radius 1 is 1.06 bits per heavy atom. The average Bonchev–Trinajstić information content (AvgIpc) is 3.20. The number of nitriles is 1. The molecule has 1 heterocycles. The predicted octanol–water partition coefficient (Wildman–Crippen LogP) is 5.20. The lowest BCUT2D eigenvalue weighted by molar-refractivity contribution is -0.117. The van der Waals surface area contributed by atoms with Crippen LogP contribution in [0.2, 0.25) is 0 Å². The Labute approximate surface area is 216 Å². The van der Waals surface area contributed by atoms with Crippen molar-refractivity contribution in [3.05, 3.63) is 105 Å². The standard InChI is InChI=1S/C27H22BrN3O3S/c1-34-22-13-11-21(12-14-22)31-26(33)24(15-18-7-9-20(28)10-8-18)35-27(31)23(16-29)25(32)30-17-19-5-3-2-4-6-19/h2-14,24H,15,17H2,1H3,(H,30,32)/b27-23-. The highest BCUT2D eigenvalue weighted by atomic mass is 79.9. The summed E-state index contributed by atoms with van der Waals surface area (Å²) in [6.45, 7) is 0.279. The zero-order valence-electron chi connectivity index (χ0n) is 18.9. The zero-order valence-corrected chi connectivity index (χ0v) is 21.3. The predicted molar refractivity (Wildman–Crippen MR) is 141 cm³/mol. The van der Waals surface area contributed by atoms with Crippen LogP contribution in [-0.4, -0.2) is 24.2 Å². The number of nitrogens with one attached hydrogen (secondary N) is 1. The summed E-state index contributed by atoms with van der Waals surface area (Å²) in [5.41, 5.74) is 2.38. The number of amides is 2. The van der Waals surface area contributed by atoms with Crippen LogP contribution in [0, 0.1) is 11.3 Å². The van der Waals surface area contributed by atoms with Crippen molar-refractivity contribution in [2.24, 2.45) is 0 Å². The molecule has 0 bridgehead atoms. The van der Waals surface area contributed by atoms with Crippen LogP contribution >= 0.6 is 27.7 Å². The molecule has 1 fully saturated rings. The molecule has 0 spiro atoms. The maximum Gasteiger partial charge on any atom is 0.264 e. The molecular weight excluding hydrogens is 526 g/mol. The van der Waals surface area contributed by atoms with Crippen LogP contribution in [0.5, 0.6) is 5.75 Å². The molecule has 0 aromatic heterocycles. The molecule has 176 valence electrons.